The first-order chi connectivity index (χ1) is 9.15. The van der Waals surface area contributed by atoms with Crippen LogP contribution in [0.1, 0.15) is 42.8 Å². The van der Waals surface area contributed by atoms with Gasteiger partial charge in [0.15, 0.2) is 0 Å². The maximum atomic E-state index is 4.71. The molecule has 102 valence electrons. The molecule has 2 aromatic heterocycles. The fraction of sp³-hybridized carbons (Fsp3) is 0.600. The van der Waals surface area contributed by atoms with Crippen molar-refractivity contribution >= 4 is 27.4 Å². The maximum Gasteiger partial charge on any atom is 0.141 e. The molecule has 0 radical (unpaired) electrons. The summed E-state index contributed by atoms with van der Waals surface area (Å²) in [5.74, 6) is 2.01. The molecule has 0 atom stereocenters. The summed E-state index contributed by atoms with van der Waals surface area (Å²) in [6.07, 6.45) is 6.68. The fourth-order valence-electron chi connectivity index (χ4n) is 3.04. The van der Waals surface area contributed by atoms with Crippen molar-refractivity contribution in [3.63, 3.8) is 0 Å². The molecule has 0 N–H and O–H groups in total. The Hall–Kier alpha value is -1.16. The van der Waals surface area contributed by atoms with Crippen LogP contribution in [0.2, 0.25) is 0 Å². The molecule has 19 heavy (non-hydrogen) atoms. The maximum absolute atomic E-state index is 4.71. The minimum Gasteiger partial charge on any atom is -0.356 e. The summed E-state index contributed by atoms with van der Waals surface area (Å²) in [6.45, 7) is 4.14. The second kappa shape index (κ2) is 5.08. The van der Waals surface area contributed by atoms with E-state index in [1.165, 1.54) is 42.4 Å². The van der Waals surface area contributed by atoms with Crippen LogP contribution in [-0.4, -0.2) is 23.1 Å². The summed E-state index contributed by atoms with van der Waals surface area (Å²) < 4.78 is 0. The van der Waals surface area contributed by atoms with Gasteiger partial charge in [-0.2, -0.15) is 0 Å². The van der Waals surface area contributed by atoms with Gasteiger partial charge in [0, 0.05) is 18.0 Å². The number of nitrogens with zero attached hydrogens (tertiary/aromatic N) is 3. The normalized spacial score (nSPS) is 17.0. The van der Waals surface area contributed by atoms with Gasteiger partial charge in [0.2, 0.25) is 0 Å². The molecule has 3 rings (SSSR count). The van der Waals surface area contributed by atoms with E-state index in [2.05, 4.69) is 29.9 Å². The average molecular weight is 275 g/mol. The van der Waals surface area contributed by atoms with Crippen LogP contribution in [0.5, 0.6) is 0 Å². The Labute approximate surface area is 118 Å². The number of hydrogen-bond donors (Lipinski definition) is 0. The summed E-state index contributed by atoms with van der Waals surface area (Å²) in [5.41, 5.74) is 0. The predicted octanol–water partition coefficient (Wildman–Crippen LogP) is 4.08. The van der Waals surface area contributed by atoms with E-state index in [9.17, 15) is 0 Å². The highest BCUT2D eigenvalue weighted by atomic mass is 32.1. The largest absolute Gasteiger partial charge is 0.356 e. The zero-order chi connectivity index (χ0) is 13.4. The third-order valence-corrected chi connectivity index (χ3v) is 5.01. The Morgan fingerprint density at radius 1 is 1.16 bits per heavy atom. The first kappa shape index (κ1) is 12.9. The van der Waals surface area contributed by atoms with Crippen molar-refractivity contribution in [1.29, 1.82) is 0 Å². The smallest absolute Gasteiger partial charge is 0.141 e. The molecule has 0 unspecified atom stereocenters. The molecule has 2 aromatic rings. The van der Waals surface area contributed by atoms with Crippen molar-refractivity contribution in [2.45, 2.75) is 52.0 Å². The number of rotatable bonds is 2. The van der Waals surface area contributed by atoms with Crippen LogP contribution in [0.25, 0.3) is 10.2 Å². The molecule has 0 saturated heterocycles. The second-order valence-electron chi connectivity index (χ2n) is 5.57. The lowest BCUT2D eigenvalue weighted by molar-refractivity contribution is 0.426. The highest BCUT2D eigenvalue weighted by molar-refractivity contribution is 7.18. The minimum absolute atomic E-state index is 0.645. The van der Waals surface area contributed by atoms with E-state index in [4.69, 9.17) is 4.98 Å². The monoisotopic (exact) mass is 275 g/mol. The standard InChI is InChI=1S/C15H21N3S/c1-10-9-13-14(16-11(2)17-15(13)19-10)18(3)12-7-5-4-6-8-12/h9,12H,4-8H2,1-3H3. The number of aryl methyl sites for hydroxylation is 2. The number of aromatic nitrogens is 2. The molecule has 0 spiro atoms. The molecular weight excluding hydrogens is 254 g/mol. The van der Waals surface area contributed by atoms with Gasteiger partial charge in [0.05, 0.1) is 5.39 Å². The first-order valence-corrected chi connectivity index (χ1v) is 7.94. The van der Waals surface area contributed by atoms with E-state index in [0.717, 1.165) is 16.5 Å². The van der Waals surface area contributed by atoms with Crippen LogP contribution in [0.15, 0.2) is 6.07 Å². The molecule has 0 aliphatic heterocycles. The molecule has 0 aromatic carbocycles. The highest BCUT2D eigenvalue weighted by Gasteiger charge is 2.21. The lowest BCUT2D eigenvalue weighted by atomic mass is 9.94. The van der Waals surface area contributed by atoms with Crippen LogP contribution in [0.4, 0.5) is 5.82 Å². The Kier molecular flexibility index (Phi) is 3.44. The zero-order valence-electron chi connectivity index (χ0n) is 11.9. The lowest BCUT2D eigenvalue weighted by Crippen LogP contribution is -2.34. The van der Waals surface area contributed by atoms with Crippen LogP contribution in [0, 0.1) is 13.8 Å². The zero-order valence-corrected chi connectivity index (χ0v) is 12.8. The van der Waals surface area contributed by atoms with E-state index in [1.54, 1.807) is 11.3 Å². The van der Waals surface area contributed by atoms with Crippen LogP contribution < -0.4 is 4.90 Å². The van der Waals surface area contributed by atoms with Crippen molar-refractivity contribution in [3.05, 3.63) is 16.8 Å². The van der Waals surface area contributed by atoms with Gasteiger partial charge in [-0.3, -0.25) is 0 Å². The summed E-state index contributed by atoms with van der Waals surface area (Å²) in [4.78, 5) is 14.1. The molecule has 1 saturated carbocycles. The van der Waals surface area contributed by atoms with Crippen molar-refractivity contribution in [3.8, 4) is 0 Å². The molecular formula is C15H21N3S. The molecule has 3 nitrogen and oxygen atoms in total. The second-order valence-corrected chi connectivity index (χ2v) is 6.81. The average Bonchev–Trinajstić information content (AvgIpc) is 2.78. The van der Waals surface area contributed by atoms with Crippen LogP contribution in [-0.2, 0) is 0 Å². The predicted molar refractivity (Wildman–Crippen MR) is 82.2 cm³/mol. The summed E-state index contributed by atoms with van der Waals surface area (Å²) in [6, 6.07) is 2.88. The SMILES string of the molecule is Cc1nc(N(C)C2CCCCC2)c2cc(C)sc2n1. The Balaban J connectivity index is 2.02. The van der Waals surface area contributed by atoms with E-state index in [-0.39, 0.29) is 0 Å². The number of hydrogen-bond acceptors (Lipinski definition) is 4. The van der Waals surface area contributed by atoms with Gasteiger partial charge in [-0.1, -0.05) is 19.3 Å². The Morgan fingerprint density at radius 2 is 1.89 bits per heavy atom. The molecule has 1 fully saturated rings. The van der Waals surface area contributed by atoms with Crippen molar-refractivity contribution < 1.29 is 0 Å². The van der Waals surface area contributed by atoms with Crippen molar-refractivity contribution in [2.75, 3.05) is 11.9 Å². The molecule has 1 aliphatic carbocycles. The molecule has 0 bridgehead atoms. The van der Waals surface area contributed by atoms with Crippen molar-refractivity contribution in [2.24, 2.45) is 0 Å². The minimum atomic E-state index is 0.645. The third-order valence-electron chi connectivity index (χ3n) is 4.06. The van der Waals surface area contributed by atoms with Crippen LogP contribution in [0.3, 0.4) is 0 Å². The van der Waals surface area contributed by atoms with E-state index >= 15 is 0 Å². The molecule has 0 amide bonds. The Morgan fingerprint density at radius 3 is 2.63 bits per heavy atom. The summed E-state index contributed by atoms with van der Waals surface area (Å²) in [5, 5.41) is 1.22. The van der Waals surface area contributed by atoms with E-state index < -0.39 is 0 Å². The highest BCUT2D eigenvalue weighted by Crippen LogP contribution is 2.33. The summed E-state index contributed by atoms with van der Waals surface area (Å²) >= 11 is 1.77. The summed E-state index contributed by atoms with van der Waals surface area (Å²) in [7, 11) is 2.20. The molecule has 4 heteroatoms. The van der Waals surface area contributed by atoms with Gasteiger partial charge in [-0.05, 0) is 32.8 Å². The van der Waals surface area contributed by atoms with Crippen LogP contribution >= 0.6 is 11.3 Å². The van der Waals surface area contributed by atoms with E-state index in [1.807, 2.05) is 6.92 Å². The van der Waals surface area contributed by atoms with Gasteiger partial charge in [0.25, 0.3) is 0 Å². The lowest BCUT2D eigenvalue weighted by Gasteiger charge is -2.32. The number of thiophene rings is 1. The quantitative estimate of drug-likeness (QED) is 0.827. The van der Waals surface area contributed by atoms with Gasteiger partial charge < -0.3 is 4.90 Å². The number of anilines is 1. The van der Waals surface area contributed by atoms with Gasteiger partial charge in [-0.15, -0.1) is 11.3 Å². The first-order valence-electron chi connectivity index (χ1n) is 7.13. The topological polar surface area (TPSA) is 29.0 Å². The van der Waals surface area contributed by atoms with Gasteiger partial charge in [-0.25, -0.2) is 9.97 Å². The number of fused-ring (bicyclic) bond motifs is 1. The van der Waals surface area contributed by atoms with Gasteiger partial charge >= 0.3 is 0 Å². The molecule has 1 aliphatic rings. The Bertz CT molecular complexity index is 584. The van der Waals surface area contributed by atoms with Gasteiger partial charge in [0.1, 0.15) is 16.5 Å². The van der Waals surface area contributed by atoms with Crippen molar-refractivity contribution in [1.82, 2.24) is 9.97 Å². The third kappa shape index (κ3) is 2.46. The van der Waals surface area contributed by atoms with E-state index in [0.29, 0.717) is 6.04 Å². The fourth-order valence-corrected chi connectivity index (χ4v) is 3.96. The molecule has 2 heterocycles.